The minimum atomic E-state index is -0.323. The van der Waals surface area contributed by atoms with Crippen molar-refractivity contribution < 1.29 is 9.53 Å². The molecule has 0 saturated heterocycles. The van der Waals surface area contributed by atoms with Crippen LogP contribution in [0.3, 0.4) is 0 Å². The van der Waals surface area contributed by atoms with Gasteiger partial charge in [-0.2, -0.15) is 12.6 Å². The maximum atomic E-state index is 11.0. The highest BCUT2D eigenvalue weighted by atomic mass is 32.1. The lowest BCUT2D eigenvalue weighted by atomic mass is 10.1. The number of hydrogen-bond acceptors (Lipinski definition) is 3. The molecule has 0 aromatic carbocycles. The third-order valence-electron chi connectivity index (χ3n) is 1.58. The van der Waals surface area contributed by atoms with Crippen LogP contribution >= 0.6 is 12.6 Å². The Morgan fingerprint density at radius 1 is 1.27 bits per heavy atom. The topological polar surface area (TPSA) is 26.3 Å². The molecule has 66 valence electrons. The fourth-order valence-electron chi connectivity index (χ4n) is 0.418. The van der Waals surface area contributed by atoms with E-state index in [1.54, 1.807) is 6.92 Å². The van der Waals surface area contributed by atoms with Gasteiger partial charge in [0.15, 0.2) is 0 Å². The summed E-state index contributed by atoms with van der Waals surface area (Å²) in [5.74, 6) is 0.126. The predicted molar refractivity (Wildman–Crippen MR) is 48.8 cm³/mol. The Labute approximate surface area is 73.7 Å². The Hall–Kier alpha value is -0.180. The van der Waals surface area contributed by atoms with Crippen molar-refractivity contribution >= 4 is 18.6 Å². The molecule has 0 aliphatic carbocycles. The zero-order valence-electron chi connectivity index (χ0n) is 7.50. The van der Waals surface area contributed by atoms with E-state index in [2.05, 4.69) is 12.6 Å². The van der Waals surface area contributed by atoms with Crippen LogP contribution in [-0.4, -0.2) is 17.3 Å². The van der Waals surface area contributed by atoms with E-state index in [9.17, 15) is 4.79 Å². The van der Waals surface area contributed by atoms with Crippen molar-refractivity contribution in [3.05, 3.63) is 0 Å². The number of rotatable bonds is 3. The smallest absolute Gasteiger partial charge is 0.318 e. The molecule has 0 aromatic heterocycles. The molecule has 0 N–H and O–H groups in total. The highest BCUT2D eigenvalue weighted by Gasteiger charge is 2.15. The van der Waals surface area contributed by atoms with Gasteiger partial charge in [0, 0.05) is 0 Å². The van der Waals surface area contributed by atoms with E-state index in [1.807, 2.05) is 20.8 Å². The molecule has 2 atom stereocenters. The highest BCUT2D eigenvalue weighted by Crippen LogP contribution is 2.07. The van der Waals surface area contributed by atoms with Crippen molar-refractivity contribution in [2.45, 2.75) is 39.0 Å². The molecule has 11 heavy (non-hydrogen) atoms. The minimum absolute atomic E-state index is 0.0166. The Morgan fingerprint density at radius 3 is 2.00 bits per heavy atom. The fourth-order valence-corrected chi connectivity index (χ4v) is 0.479. The summed E-state index contributed by atoms with van der Waals surface area (Å²) in [6, 6.07) is 0. The largest absolute Gasteiger partial charge is 0.462 e. The second kappa shape index (κ2) is 4.65. The quantitative estimate of drug-likeness (QED) is 0.525. The number of ether oxygens (including phenoxy) is 1. The summed E-state index contributed by atoms with van der Waals surface area (Å²) in [5, 5.41) is -0.323. The van der Waals surface area contributed by atoms with Gasteiger partial charge in [-0.15, -0.1) is 0 Å². The Morgan fingerprint density at radius 2 is 1.73 bits per heavy atom. The molecule has 0 spiro atoms. The van der Waals surface area contributed by atoms with Crippen LogP contribution in [0.1, 0.15) is 27.7 Å². The number of thiol groups is 1. The van der Waals surface area contributed by atoms with Gasteiger partial charge in [0.2, 0.25) is 0 Å². The normalized spacial score (nSPS) is 16.2. The summed E-state index contributed by atoms with van der Waals surface area (Å²) in [4.78, 5) is 11.0. The number of hydrogen-bond donors (Lipinski definition) is 1. The monoisotopic (exact) mass is 176 g/mol. The maximum Gasteiger partial charge on any atom is 0.318 e. The lowest BCUT2D eigenvalue weighted by molar-refractivity contribution is -0.149. The molecule has 0 aliphatic rings. The summed E-state index contributed by atoms with van der Waals surface area (Å²) < 4.78 is 5.06. The fraction of sp³-hybridized carbons (Fsp3) is 0.875. The van der Waals surface area contributed by atoms with Gasteiger partial charge in [0.1, 0.15) is 6.10 Å². The van der Waals surface area contributed by atoms with Gasteiger partial charge in [-0.3, -0.25) is 4.79 Å². The maximum absolute atomic E-state index is 11.0. The van der Waals surface area contributed by atoms with Gasteiger partial charge in [-0.25, -0.2) is 0 Å². The van der Waals surface area contributed by atoms with Crippen molar-refractivity contribution in [1.82, 2.24) is 0 Å². The second-order valence-corrected chi connectivity index (χ2v) is 3.84. The lowest BCUT2D eigenvalue weighted by Crippen LogP contribution is -2.24. The third-order valence-corrected chi connectivity index (χ3v) is 1.79. The van der Waals surface area contributed by atoms with Crippen molar-refractivity contribution in [3.8, 4) is 0 Å². The Balaban J connectivity index is 3.76. The van der Waals surface area contributed by atoms with E-state index in [0.29, 0.717) is 5.92 Å². The first-order chi connectivity index (χ1) is 4.95. The van der Waals surface area contributed by atoms with Crippen LogP contribution in [0.4, 0.5) is 0 Å². The summed E-state index contributed by atoms with van der Waals surface area (Å²) in [5.41, 5.74) is 0. The molecular formula is C8H16O2S. The molecule has 0 aromatic rings. The standard InChI is InChI=1S/C8H16O2S/c1-5(2)6(3)10-8(9)7(4)11/h5-7,11H,1-4H3. The van der Waals surface area contributed by atoms with E-state index < -0.39 is 0 Å². The lowest BCUT2D eigenvalue weighted by Gasteiger charge is -2.17. The molecule has 2 nitrogen and oxygen atoms in total. The molecule has 0 fully saturated rings. The molecule has 0 heterocycles. The molecule has 0 saturated carbocycles. The number of carbonyl (C=O) groups excluding carboxylic acids is 1. The molecule has 3 heteroatoms. The van der Waals surface area contributed by atoms with Crippen LogP contribution in [0, 0.1) is 5.92 Å². The zero-order chi connectivity index (χ0) is 9.02. The summed E-state index contributed by atoms with van der Waals surface area (Å²) in [6.45, 7) is 7.62. The Bertz CT molecular complexity index is 132. The first-order valence-corrected chi connectivity index (χ1v) is 4.35. The third kappa shape index (κ3) is 4.30. The van der Waals surface area contributed by atoms with Gasteiger partial charge >= 0.3 is 5.97 Å². The summed E-state index contributed by atoms with van der Waals surface area (Å²) >= 11 is 3.96. The molecule has 0 rings (SSSR count). The van der Waals surface area contributed by atoms with E-state index in [1.165, 1.54) is 0 Å². The van der Waals surface area contributed by atoms with Gasteiger partial charge in [-0.1, -0.05) is 13.8 Å². The predicted octanol–water partition coefficient (Wildman–Crippen LogP) is 1.89. The van der Waals surface area contributed by atoms with Crippen LogP contribution < -0.4 is 0 Å². The van der Waals surface area contributed by atoms with Crippen LogP contribution in [0.2, 0.25) is 0 Å². The van der Waals surface area contributed by atoms with Crippen LogP contribution in [-0.2, 0) is 9.53 Å². The van der Waals surface area contributed by atoms with Crippen LogP contribution in [0.5, 0.6) is 0 Å². The molecule has 0 amide bonds. The Kier molecular flexibility index (Phi) is 4.57. The van der Waals surface area contributed by atoms with Crippen LogP contribution in [0.15, 0.2) is 0 Å². The van der Waals surface area contributed by atoms with Crippen LogP contribution in [0.25, 0.3) is 0 Å². The molecule has 0 bridgehead atoms. The summed E-state index contributed by atoms with van der Waals surface area (Å²) in [7, 11) is 0. The van der Waals surface area contributed by atoms with E-state index >= 15 is 0 Å². The first-order valence-electron chi connectivity index (χ1n) is 3.83. The SMILES string of the molecule is CC(S)C(=O)OC(C)C(C)C. The van der Waals surface area contributed by atoms with E-state index in [4.69, 9.17) is 4.74 Å². The highest BCUT2D eigenvalue weighted by molar-refractivity contribution is 7.81. The average molecular weight is 176 g/mol. The van der Waals surface area contributed by atoms with Gasteiger partial charge in [0.05, 0.1) is 5.25 Å². The average Bonchev–Trinajstić information content (AvgIpc) is 1.87. The zero-order valence-corrected chi connectivity index (χ0v) is 8.39. The van der Waals surface area contributed by atoms with Crippen molar-refractivity contribution in [3.63, 3.8) is 0 Å². The van der Waals surface area contributed by atoms with Crippen molar-refractivity contribution in [2.24, 2.45) is 5.92 Å². The van der Waals surface area contributed by atoms with Gasteiger partial charge in [0.25, 0.3) is 0 Å². The molecule has 0 radical (unpaired) electrons. The second-order valence-electron chi connectivity index (χ2n) is 3.06. The molecule has 2 unspecified atom stereocenters. The molecular weight excluding hydrogens is 160 g/mol. The van der Waals surface area contributed by atoms with E-state index in [-0.39, 0.29) is 17.3 Å². The van der Waals surface area contributed by atoms with E-state index in [0.717, 1.165) is 0 Å². The van der Waals surface area contributed by atoms with Gasteiger partial charge in [-0.05, 0) is 19.8 Å². The van der Waals surface area contributed by atoms with Gasteiger partial charge < -0.3 is 4.74 Å². The minimum Gasteiger partial charge on any atom is -0.462 e. The molecule has 0 aliphatic heterocycles. The number of esters is 1. The summed E-state index contributed by atoms with van der Waals surface area (Å²) in [6.07, 6.45) is -0.0166. The van der Waals surface area contributed by atoms with Crippen molar-refractivity contribution in [1.29, 1.82) is 0 Å². The van der Waals surface area contributed by atoms with Crippen molar-refractivity contribution in [2.75, 3.05) is 0 Å². The number of carbonyl (C=O) groups is 1. The first kappa shape index (κ1) is 10.8.